The van der Waals surface area contributed by atoms with E-state index in [4.69, 9.17) is 9.47 Å². The summed E-state index contributed by atoms with van der Waals surface area (Å²) in [4.78, 5) is 12.1. The molecule has 0 radical (unpaired) electrons. The number of rotatable bonds is 35. The van der Waals surface area contributed by atoms with Crippen molar-refractivity contribution in [2.24, 2.45) is 0 Å². The molecule has 0 spiro atoms. The molecule has 1 atom stereocenters. The molecule has 0 aromatic heterocycles. The standard InChI is InChI=1S/C42H74O4/c1-3-5-7-9-11-13-14-15-16-17-18-19-20-21-22-23-24-25-26-27-28-29-31-33-35-37-42(44)46-41(39-43)40-45-38-36-34-32-30-12-10-8-6-4-2/h5,7,11,13,15-16,18-19,21-22,41,43H,3-4,6,8-10,12,14,17,20,23-40H2,1-2H3/b7-5-,13-11-,16-15-,19-18-,22-21-. The molecule has 0 heterocycles. The fourth-order valence-corrected chi connectivity index (χ4v) is 5.24. The summed E-state index contributed by atoms with van der Waals surface area (Å²) in [6.45, 7) is 5.21. The lowest BCUT2D eigenvalue weighted by molar-refractivity contribution is -0.154. The summed E-state index contributed by atoms with van der Waals surface area (Å²) in [5, 5.41) is 9.53. The summed E-state index contributed by atoms with van der Waals surface area (Å²) in [7, 11) is 0. The Hall–Kier alpha value is -1.91. The fraction of sp³-hybridized carbons (Fsp3) is 0.738. The monoisotopic (exact) mass is 643 g/mol. The number of hydrogen-bond acceptors (Lipinski definition) is 4. The van der Waals surface area contributed by atoms with E-state index in [1.54, 1.807) is 0 Å². The Balaban J connectivity index is 3.47. The molecule has 0 aromatic carbocycles. The van der Waals surface area contributed by atoms with Gasteiger partial charge in [-0.25, -0.2) is 0 Å². The largest absolute Gasteiger partial charge is 0.457 e. The maximum Gasteiger partial charge on any atom is 0.306 e. The maximum absolute atomic E-state index is 12.1. The van der Waals surface area contributed by atoms with Gasteiger partial charge in [0.1, 0.15) is 6.10 Å². The minimum absolute atomic E-state index is 0.175. The van der Waals surface area contributed by atoms with Crippen molar-refractivity contribution in [2.45, 2.75) is 180 Å². The molecule has 4 heteroatoms. The lowest BCUT2D eigenvalue weighted by atomic mass is 10.1. The third-order valence-corrected chi connectivity index (χ3v) is 8.11. The van der Waals surface area contributed by atoms with Crippen molar-refractivity contribution in [3.8, 4) is 0 Å². The maximum atomic E-state index is 12.1. The van der Waals surface area contributed by atoms with Gasteiger partial charge in [0.25, 0.3) is 0 Å². The van der Waals surface area contributed by atoms with Crippen molar-refractivity contribution in [3.05, 3.63) is 60.8 Å². The highest BCUT2D eigenvalue weighted by atomic mass is 16.6. The Labute approximate surface area is 285 Å². The summed E-state index contributed by atoms with van der Waals surface area (Å²) in [6, 6.07) is 0. The second kappa shape index (κ2) is 39.3. The van der Waals surface area contributed by atoms with Gasteiger partial charge < -0.3 is 14.6 Å². The molecule has 0 aliphatic heterocycles. The van der Waals surface area contributed by atoms with Crippen molar-refractivity contribution in [3.63, 3.8) is 0 Å². The Morgan fingerprint density at radius 3 is 1.48 bits per heavy atom. The molecule has 0 saturated heterocycles. The molecule has 0 aromatic rings. The van der Waals surface area contributed by atoms with Crippen LogP contribution in [0.2, 0.25) is 0 Å². The number of carbonyl (C=O) groups excluding carboxylic acids is 1. The van der Waals surface area contributed by atoms with E-state index in [1.807, 2.05) is 0 Å². The Kier molecular flexibility index (Phi) is 37.6. The molecule has 0 aliphatic carbocycles. The molecule has 1 N–H and O–H groups in total. The van der Waals surface area contributed by atoms with Crippen LogP contribution in [0.4, 0.5) is 0 Å². The molecular formula is C42H74O4. The van der Waals surface area contributed by atoms with Gasteiger partial charge in [-0.05, 0) is 57.8 Å². The van der Waals surface area contributed by atoms with E-state index in [2.05, 4.69) is 74.6 Å². The number of aliphatic hydroxyl groups excluding tert-OH is 1. The third kappa shape index (κ3) is 36.6. The van der Waals surface area contributed by atoms with Crippen LogP contribution in [0.15, 0.2) is 60.8 Å². The topological polar surface area (TPSA) is 55.8 Å². The highest BCUT2D eigenvalue weighted by Crippen LogP contribution is 2.13. The van der Waals surface area contributed by atoms with E-state index in [1.165, 1.54) is 103 Å². The number of carbonyl (C=O) groups is 1. The average molecular weight is 643 g/mol. The Bertz CT molecular complexity index is 764. The lowest BCUT2D eigenvalue weighted by Crippen LogP contribution is -2.27. The van der Waals surface area contributed by atoms with Crippen LogP contribution in [0.1, 0.15) is 174 Å². The van der Waals surface area contributed by atoms with Crippen molar-refractivity contribution < 1.29 is 19.4 Å². The van der Waals surface area contributed by atoms with E-state index in [0.29, 0.717) is 19.6 Å². The van der Waals surface area contributed by atoms with Crippen LogP contribution in [-0.2, 0) is 14.3 Å². The van der Waals surface area contributed by atoms with E-state index in [-0.39, 0.29) is 12.6 Å². The van der Waals surface area contributed by atoms with Gasteiger partial charge in [0.2, 0.25) is 0 Å². The summed E-state index contributed by atoms with van der Waals surface area (Å²) >= 11 is 0. The van der Waals surface area contributed by atoms with Crippen LogP contribution in [0, 0.1) is 0 Å². The SMILES string of the molecule is CC/C=C\C/C=C\C/C=C\C/C=C\C/C=C\CCCCCCCCCCCC(=O)OC(CO)COCCCCCCCCCCC. The molecule has 1 unspecified atom stereocenters. The summed E-state index contributed by atoms with van der Waals surface area (Å²) in [6.07, 6.45) is 51.2. The minimum Gasteiger partial charge on any atom is -0.457 e. The third-order valence-electron chi connectivity index (χ3n) is 8.11. The van der Waals surface area contributed by atoms with E-state index >= 15 is 0 Å². The van der Waals surface area contributed by atoms with Gasteiger partial charge >= 0.3 is 5.97 Å². The summed E-state index contributed by atoms with van der Waals surface area (Å²) in [5.74, 6) is -0.210. The summed E-state index contributed by atoms with van der Waals surface area (Å²) < 4.78 is 11.1. The van der Waals surface area contributed by atoms with Gasteiger partial charge in [0, 0.05) is 13.0 Å². The molecular weight excluding hydrogens is 568 g/mol. The quantitative estimate of drug-likeness (QED) is 0.0424. The molecule has 0 fully saturated rings. The van der Waals surface area contributed by atoms with Gasteiger partial charge in [-0.1, -0.05) is 171 Å². The van der Waals surface area contributed by atoms with Crippen molar-refractivity contribution in [2.75, 3.05) is 19.8 Å². The van der Waals surface area contributed by atoms with E-state index in [0.717, 1.165) is 51.4 Å². The zero-order valence-corrected chi connectivity index (χ0v) is 30.3. The van der Waals surface area contributed by atoms with Crippen LogP contribution in [0.25, 0.3) is 0 Å². The zero-order chi connectivity index (χ0) is 33.4. The molecule has 0 saturated carbocycles. The molecule has 0 amide bonds. The van der Waals surface area contributed by atoms with Gasteiger partial charge in [0.15, 0.2) is 0 Å². The van der Waals surface area contributed by atoms with E-state index < -0.39 is 6.10 Å². The van der Waals surface area contributed by atoms with Crippen LogP contribution in [0.3, 0.4) is 0 Å². The predicted octanol–water partition coefficient (Wildman–Crippen LogP) is 12.5. The van der Waals surface area contributed by atoms with Crippen molar-refractivity contribution in [1.82, 2.24) is 0 Å². The normalized spacial score (nSPS) is 13.0. The molecule has 0 aliphatic rings. The molecule has 266 valence electrons. The number of allylic oxidation sites excluding steroid dienone is 10. The van der Waals surface area contributed by atoms with Crippen LogP contribution in [-0.4, -0.2) is 37.0 Å². The van der Waals surface area contributed by atoms with Gasteiger partial charge in [-0.3, -0.25) is 4.79 Å². The van der Waals surface area contributed by atoms with Gasteiger partial charge in [0.05, 0.1) is 13.2 Å². The number of aliphatic hydroxyl groups is 1. The molecule has 0 rings (SSSR count). The molecule has 0 bridgehead atoms. The number of unbranched alkanes of at least 4 members (excludes halogenated alkanes) is 17. The van der Waals surface area contributed by atoms with Crippen LogP contribution in [0.5, 0.6) is 0 Å². The second-order valence-electron chi connectivity index (χ2n) is 12.6. The first-order valence-electron chi connectivity index (χ1n) is 19.4. The molecule has 4 nitrogen and oxygen atoms in total. The number of ether oxygens (including phenoxy) is 2. The average Bonchev–Trinajstić information content (AvgIpc) is 3.06. The highest BCUT2D eigenvalue weighted by Gasteiger charge is 2.13. The van der Waals surface area contributed by atoms with Gasteiger partial charge in [-0.15, -0.1) is 0 Å². The number of esters is 1. The first kappa shape index (κ1) is 44.1. The minimum atomic E-state index is -0.535. The summed E-state index contributed by atoms with van der Waals surface area (Å²) in [5.41, 5.74) is 0. The lowest BCUT2D eigenvalue weighted by Gasteiger charge is -2.16. The fourth-order valence-electron chi connectivity index (χ4n) is 5.24. The Morgan fingerprint density at radius 2 is 0.978 bits per heavy atom. The second-order valence-corrected chi connectivity index (χ2v) is 12.6. The smallest absolute Gasteiger partial charge is 0.306 e. The van der Waals surface area contributed by atoms with Crippen molar-refractivity contribution in [1.29, 1.82) is 0 Å². The Morgan fingerprint density at radius 1 is 0.543 bits per heavy atom. The first-order valence-corrected chi connectivity index (χ1v) is 19.4. The zero-order valence-electron chi connectivity index (χ0n) is 30.3. The number of hydrogen-bond donors (Lipinski definition) is 1. The van der Waals surface area contributed by atoms with Crippen LogP contribution >= 0.6 is 0 Å². The van der Waals surface area contributed by atoms with Gasteiger partial charge in [-0.2, -0.15) is 0 Å². The van der Waals surface area contributed by atoms with Crippen LogP contribution < -0.4 is 0 Å². The van der Waals surface area contributed by atoms with E-state index in [9.17, 15) is 9.90 Å². The first-order chi connectivity index (χ1) is 22.7. The predicted molar refractivity (Wildman–Crippen MR) is 200 cm³/mol. The molecule has 46 heavy (non-hydrogen) atoms. The van der Waals surface area contributed by atoms with Crippen molar-refractivity contribution >= 4 is 5.97 Å². The highest BCUT2D eigenvalue weighted by molar-refractivity contribution is 5.69.